The molecule has 0 aliphatic rings. The SMILES string of the molecule is c1ccc(-c2ccc3c(-c4cc5ccccc5c5ccccc45)c4ccccc4c(-c4cccc5c4oc4ccccc45)c3c2)cc1. The Kier molecular flexibility index (Phi) is 5.64. The second-order valence-electron chi connectivity index (χ2n) is 12.4. The summed E-state index contributed by atoms with van der Waals surface area (Å²) in [5, 5.41) is 12.2. The van der Waals surface area contributed by atoms with Crippen molar-refractivity contribution in [3.05, 3.63) is 170 Å². The van der Waals surface area contributed by atoms with Crippen molar-refractivity contribution in [2.24, 2.45) is 0 Å². The van der Waals surface area contributed by atoms with Crippen molar-refractivity contribution in [2.75, 3.05) is 0 Å². The first kappa shape index (κ1) is 26.1. The molecule has 0 aliphatic carbocycles. The quantitative estimate of drug-likeness (QED) is 0.146. The molecule has 0 atom stereocenters. The Morgan fingerprint density at radius 1 is 0.298 bits per heavy atom. The first-order valence-corrected chi connectivity index (χ1v) is 16.2. The minimum atomic E-state index is 0.910. The first-order chi connectivity index (χ1) is 23.3. The lowest BCUT2D eigenvalue weighted by Crippen LogP contribution is -1.93. The van der Waals surface area contributed by atoms with Gasteiger partial charge in [0.2, 0.25) is 0 Å². The zero-order valence-electron chi connectivity index (χ0n) is 25.6. The van der Waals surface area contributed by atoms with E-state index < -0.39 is 0 Å². The van der Waals surface area contributed by atoms with Gasteiger partial charge in [-0.25, -0.2) is 0 Å². The summed E-state index contributed by atoms with van der Waals surface area (Å²) in [4.78, 5) is 0. The Morgan fingerprint density at radius 3 is 1.70 bits per heavy atom. The summed E-state index contributed by atoms with van der Waals surface area (Å²) in [5.41, 5.74) is 9.06. The van der Waals surface area contributed by atoms with Gasteiger partial charge < -0.3 is 4.42 Å². The highest BCUT2D eigenvalue weighted by molar-refractivity contribution is 6.27. The van der Waals surface area contributed by atoms with Crippen LogP contribution in [-0.2, 0) is 0 Å². The second kappa shape index (κ2) is 10.2. The van der Waals surface area contributed by atoms with Gasteiger partial charge in [-0.15, -0.1) is 0 Å². The van der Waals surface area contributed by atoms with Crippen molar-refractivity contribution in [2.45, 2.75) is 0 Å². The third kappa shape index (κ3) is 3.90. The van der Waals surface area contributed by atoms with Gasteiger partial charge in [0.1, 0.15) is 11.2 Å². The Bertz CT molecular complexity index is 2840. The van der Waals surface area contributed by atoms with E-state index in [1.807, 2.05) is 6.07 Å². The van der Waals surface area contributed by atoms with Crippen molar-refractivity contribution in [3.8, 4) is 33.4 Å². The lowest BCUT2D eigenvalue weighted by molar-refractivity contribution is 0.670. The van der Waals surface area contributed by atoms with E-state index in [2.05, 4.69) is 164 Å². The van der Waals surface area contributed by atoms with E-state index in [9.17, 15) is 0 Å². The summed E-state index contributed by atoms with van der Waals surface area (Å²) in [7, 11) is 0. The Balaban J connectivity index is 1.41. The van der Waals surface area contributed by atoms with Crippen LogP contribution < -0.4 is 0 Å². The van der Waals surface area contributed by atoms with E-state index in [1.54, 1.807) is 0 Å². The maximum absolute atomic E-state index is 6.67. The van der Waals surface area contributed by atoms with E-state index in [-0.39, 0.29) is 0 Å². The van der Waals surface area contributed by atoms with Crippen LogP contribution in [0.3, 0.4) is 0 Å². The number of rotatable bonds is 3. The molecule has 0 N–H and O–H groups in total. The van der Waals surface area contributed by atoms with Crippen LogP contribution >= 0.6 is 0 Å². The molecule has 0 saturated carbocycles. The van der Waals surface area contributed by atoms with Gasteiger partial charge in [0.25, 0.3) is 0 Å². The lowest BCUT2D eigenvalue weighted by atomic mass is 9.83. The third-order valence-electron chi connectivity index (χ3n) is 9.84. The molecular weight excluding hydrogens is 569 g/mol. The van der Waals surface area contributed by atoms with Gasteiger partial charge >= 0.3 is 0 Å². The summed E-state index contributed by atoms with van der Waals surface area (Å²) in [6, 6.07) is 61.5. The average Bonchev–Trinajstić information content (AvgIpc) is 3.53. The summed E-state index contributed by atoms with van der Waals surface area (Å²) in [5.74, 6) is 0. The summed E-state index contributed by atoms with van der Waals surface area (Å²) < 4.78 is 6.67. The number of furan rings is 1. The number of hydrogen-bond donors (Lipinski definition) is 0. The van der Waals surface area contributed by atoms with E-state index in [4.69, 9.17) is 4.42 Å². The van der Waals surface area contributed by atoms with Crippen LogP contribution in [0, 0.1) is 0 Å². The average molecular weight is 597 g/mol. The second-order valence-corrected chi connectivity index (χ2v) is 12.4. The molecule has 0 aliphatic heterocycles. The smallest absolute Gasteiger partial charge is 0.143 e. The third-order valence-corrected chi connectivity index (χ3v) is 9.84. The molecule has 9 aromatic carbocycles. The monoisotopic (exact) mass is 596 g/mol. The number of fused-ring (bicyclic) bond motifs is 8. The fourth-order valence-electron chi connectivity index (χ4n) is 7.77. The molecule has 10 aromatic rings. The lowest BCUT2D eigenvalue weighted by Gasteiger charge is -2.20. The van der Waals surface area contributed by atoms with Crippen LogP contribution in [-0.4, -0.2) is 0 Å². The topological polar surface area (TPSA) is 13.1 Å². The van der Waals surface area contributed by atoms with Crippen molar-refractivity contribution in [1.29, 1.82) is 0 Å². The first-order valence-electron chi connectivity index (χ1n) is 16.2. The summed E-state index contributed by atoms with van der Waals surface area (Å²) in [6.07, 6.45) is 0. The highest BCUT2D eigenvalue weighted by Gasteiger charge is 2.22. The molecule has 1 aromatic heterocycles. The fourth-order valence-corrected chi connectivity index (χ4v) is 7.77. The van der Waals surface area contributed by atoms with Gasteiger partial charge in [-0.1, -0.05) is 152 Å². The highest BCUT2D eigenvalue weighted by atomic mass is 16.3. The van der Waals surface area contributed by atoms with Gasteiger partial charge in [-0.05, 0) is 83.5 Å². The molecule has 0 saturated heterocycles. The van der Waals surface area contributed by atoms with Crippen molar-refractivity contribution in [3.63, 3.8) is 0 Å². The number of hydrogen-bond acceptors (Lipinski definition) is 1. The standard InChI is InChI=1S/C46H28O/c1-2-13-29(14-3-1)30-25-26-38-42(27-30)45(40-23-12-22-39-35-19-10-11-24-43(35)47-46(39)40)37-21-9-8-20-36(37)44(38)41-28-31-15-4-5-16-32(31)33-17-6-7-18-34(33)41/h1-28H. The normalized spacial score (nSPS) is 11.8. The van der Waals surface area contributed by atoms with E-state index in [0.29, 0.717) is 0 Å². The molecule has 47 heavy (non-hydrogen) atoms. The van der Waals surface area contributed by atoms with Crippen LogP contribution in [0.5, 0.6) is 0 Å². The van der Waals surface area contributed by atoms with E-state index in [0.717, 1.165) is 27.5 Å². The van der Waals surface area contributed by atoms with Crippen LogP contribution in [0.2, 0.25) is 0 Å². The molecule has 0 amide bonds. The molecule has 0 unspecified atom stereocenters. The van der Waals surface area contributed by atoms with Crippen LogP contribution in [0.4, 0.5) is 0 Å². The predicted molar refractivity (Wildman–Crippen MR) is 200 cm³/mol. The van der Waals surface area contributed by atoms with Crippen LogP contribution in [0.15, 0.2) is 174 Å². The minimum absolute atomic E-state index is 0.910. The zero-order chi connectivity index (χ0) is 30.9. The molecule has 1 nitrogen and oxygen atoms in total. The van der Waals surface area contributed by atoms with E-state index >= 15 is 0 Å². The zero-order valence-corrected chi connectivity index (χ0v) is 25.6. The molecule has 1 heterocycles. The van der Waals surface area contributed by atoms with E-state index in [1.165, 1.54) is 70.9 Å². The summed E-state index contributed by atoms with van der Waals surface area (Å²) in [6.45, 7) is 0. The van der Waals surface area contributed by atoms with Gasteiger partial charge in [-0.2, -0.15) is 0 Å². The predicted octanol–water partition coefficient (Wildman–Crippen LogP) is 13.2. The van der Waals surface area contributed by atoms with Gasteiger partial charge in [0, 0.05) is 21.9 Å². The van der Waals surface area contributed by atoms with Crippen LogP contribution in [0.1, 0.15) is 0 Å². The van der Waals surface area contributed by atoms with Crippen molar-refractivity contribution in [1.82, 2.24) is 0 Å². The Labute approximate surface area is 271 Å². The van der Waals surface area contributed by atoms with Crippen molar-refractivity contribution < 1.29 is 4.42 Å². The van der Waals surface area contributed by atoms with Gasteiger partial charge in [0.15, 0.2) is 0 Å². The fraction of sp³-hybridized carbons (Fsp3) is 0. The molecule has 1 heteroatoms. The largest absolute Gasteiger partial charge is 0.455 e. The summed E-state index contributed by atoms with van der Waals surface area (Å²) >= 11 is 0. The molecule has 0 spiro atoms. The maximum atomic E-state index is 6.67. The number of benzene rings is 9. The molecule has 10 rings (SSSR count). The minimum Gasteiger partial charge on any atom is -0.455 e. The molecule has 0 radical (unpaired) electrons. The Morgan fingerprint density at radius 2 is 0.894 bits per heavy atom. The molecule has 218 valence electrons. The number of para-hydroxylation sites is 2. The van der Waals surface area contributed by atoms with Gasteiger partial charge in [-0.3, -0.25) is 0 Å². The molecular formula is C46H28O. The van der Waals surface area contributed by atoms with Crippen LogP contribution in [0.25, 0.3) is 98.4 Å². The maximum Gasteiger partial charge on any atom is 0.143 e. The highest BCUT2D eigenvalue weighted by Crippen LogP contribution is 2.49. The molecule has 0 fully saturated rings. The Hall–Kier alpha value is -6.18. The molecule has 0 bridgehead atoms. The van der Waals surface area contributed by atoms with Crippen molar-refractivity contribution >= 4 is 65.0 Å². The van der Waals surface area contributed by atoms with Gasteiger partial charge in [0.05, 0.1) is 0 Å².